The van der Waals surface area contributed by atoms with Crippen molar-refractivity contribution in [1.82, 2.24) is 0 Å². The largest absolute Gasteiger partial charge is 0.478 e. The zero-order valence-corrected chi connectivity index (χ0v) is 8.04. The lowest BCUT2D eigenvalue weighted by Crippen LogP contribution is -2.06. The fourth-order valence-corrected chi connectivity index (χ4v) is 0.980. The molecule has 82 valence electrons. The van der Waals surface area contributed by atoms with Crippen LogP contribution in [0.2, 0.25) is 0 Å². The van der Waals surface area contributed by atoms with Gasteiger partial charge in [-0.1, -0.05) is 6.07 Å². The van der Waals surface area contributed by atoms with E-state index in [9.17, 15) is 14.4 Å². The molecule has 0 bridgehead atoms. The summed E-state index contributed by atoms with van der Waals surface area (Å²) in [4.78, 5) is 34.6. The highest BCUT2D eigenvalue weighted by Gasteiger charge is 2.09. The Hall–Kier alpha value is -2.46. The predicted molar refractivity (Wildman–Crippen MR) is 51.8 cm³/mol. The third kappa shape index (κ3) is 3.04. The molecule has 0 atom stereocenters. The van der Waals surface area contributed by atoms with Gasteiger partial charge in [0.15, 0.2) is 6.73 Å². The molecule has 16 heavy (non-hydrogen) atoms. The Morgan fingerprint density at radius 2 is 2.06 bits per heavy atom. The Labute approximate surface area is 90.2 Å². The Kier molecular flexibility index (Phi) is 3.94. The van der Waals surface area contributed by atoms with E-state index in [0.29, 0.717) is 0 Å². The highest BCUT2D eigenvalue weighted by Crippen LogP contribution is 2.06. The van der Waals surface area contributed by atoms with Gasteiger partial charge in [-0.25, -0.2) is 14.4 Å². The molecule has 0 amide bonds. The number of isocyanates is 1. The van der Waals surface area contributed by atoms with Crippen molar-refractivity contribution in [2.75, 3.05) is 6.73 Å². The van der Waals surface area contributed by atoms with Crippen molar-refractivity contribution in [3.05, 3.63) is 35.4 Å². The minimum absolute atomic E-state index is 0.0201. The number of benzene rings is 1. The van der Waals surface area contributed by atoms with E-state index in [-0.39, 0.29) is 11.1 Å². The number of rotatable bonds is 4. The summed E-state index contributed by atoms with van der Waals surface area (Å²) >= 11 is 0. The van der Waals surface area contributed by atoms with E-state index in [4.69, 9.17) is 5.11 Å². The standard InChI is InChI=1S/C10H7NO5/c12-5-11-6-16-10(15)8-3-1-2-7(4-8)9(13)14/h1-4H,6H2,(H,13,14). The quantitative estimate of drug-likeness (QED) is 0.461. The van der Waals surface area contributed by atoms with Gasteiger partial charge >= 0.3 is 11.9 Å². The van der Waals surface area contributed by atoms with Gasteiger partial charge in [0.2, 0.25) is 6.08 Å². The van der Waals surface area contributed by atoms with Crippen molar-refractivity contribution in [2.24, 2.45) is 4.99 Å². The Morgan fingerprint density at radius 3 is 2.69 bits per heavy atom. The predicted octanol–water partition coefficient (Wildman–Crippen LogP) is 0.835. The fourth-order valence-electron chi connectivity index (χ4n) is 0.980. The summed E-state index contributed by atoms with van der Waals surface area (Å²) in [5.41, 5.74) is 0.0642. The number of carboxylic acid groups (broad SMARTS) is 1. The molecular weight excluding hydrogens is 214 g/mol. The second kappa shape index (κ2) is 5.43. The second-order valence-corrected chi connectivity index (χ2v) is 2.70. The Morgan fingerprint density at radius 1 is 1.38 bits per heavy atom. The van der Waals surface area contributed by atoms with Crippen LogP contribution in [0.25, 0.3) is 0 Å². The summed E-state index contributed by atoms with van der Waals surface area (Å²) in [6.45, 7) is -0.431. The number of carbonyl (C=O) groups is 2. The van der Waals surface area contributed by atoms with E-state index in [2.05, 4.69) is 9.73 Å². The molecule has 6 nitrogen and oxygen atoms in total. The molecule has 0 aromatic heterocycles. The van der Waals surface area contributed by atoms with Gasteiger partial charge in [0.1, 0.15) is 0 Å². The third-order valence-corrected chi connectivity index (χ3v) is 1.67. The molecule has 0 saturated heterocycles. The van der Waals surface area contributed by atoms with Crippen molar-refractivity contribution in [3.63, 3.8) is 0 Å². The summed E-state index contributed by atoms with van der Waals surface area (Å²) < 4.78 is 4.54. The van der Waals surface area contributed by atoms with Gasteiger partial charge in [-0.3, -0.25) is 0 Å². The number of hydrogen-bond acceptors (Lipinski definition) is 5. The summed E-state index contributed by atoms with van der Waals surface area (Å²) in [5, 5.41) is 8.68. The molecule has 0 saturated carbocycles. The number of carboxylic acids is 1. The van der Waals surface area contributed by atoms with Gasteiger partial charge in [-0.2, -0.15) is 4.99 Å². The topological polar surface area (TPSA) is 93.0 Å². The maximum atomic E-state index is 11.3. The smallest absolute Gasteiger partial charge is 0.339 e. The van der Waals surface area contributed by atoms with Gasteiger partial charge in [0, 0.05) is 0 Å². The van der Waals surface area contributed by atoms with E-state index in [1.54, 1.807) is 0 Å². The summed E-state index contributed by atoms with van der Waals surface area (Å²) in [5.74, 6) is -1.89. The average molecular weight is 221 g/mol. The average Bonchev–Trinajstić information content (AvgIpc) is 2.29. The van der Waals surface area contributed by atoms with E-state index < -0.39 is 18.7 Å². The van der Waals surface area contributed by atoms with Crippen LogP contribution >= 0.6 is 0 Å². The second-order valence-electron chi connectivity index (χ2n) is 2.70. The molecule has 0 fully saturated rings. The van der Waals surface area contributed by atoms with Crippen LogP contribution in [-0.4, -0.2) is 29.9 Å². The number of ether oxygens (including phenoxy) is 1. The lowest BCUT2D eigenvalue weighted by molar-refractivity contribution is 0.0518. The van der Waals surface area contributed by atoms with Crippen molar-refractivity contribution in [2.45, 2.75) is 0 Å². The van der Waals surface area contributed by atoms with Gasteiger partial charge in [0.25, 0.3) is 0 Å². The maximum absolute atomic E-state index is 11.3. The maximum Gasteiger partial charge on any atom is 0.339 e. The van der Waals surface area contributed by atoms with E-state index >= 15 is 0 Å². The van der Waals surface area contributed by atoms with Gasteiger partial charge in [0.05, 0.1) is 11.1 Å². The summed E-state index contributed by atoms with van der Waals surface area (Å²) in [6, 6.07) is 5.35. The van der Waals surface area contributed by atoms with Crippen LogP contribution in [0.15, 0.2) is 29.3 Å². The number of aliphatic imine (C=N–C) groups is 1. The lowest BCUT2D eigenvalue weighted by atomic mass is 10.1. The van der Waals surface area contributed by atoms with Crippen LogP contribution in [0.3, 0.4) is 0 Å². The Bertz CT molecular complexity index is 462. The fraction of sp³-hybridized carbons (Fsp3) is 0.100. The van der Waals surface area contributed by atoms with Crippen molar-refractivity contribution < 1.29 is 24.2 Å². The first-order chi connectivity index (χ1) is 7.65. The van der Waals surface area contributed by atoms with Crippen LogP contribution < -0.4 is 0 Å². The number of esters is 1. The molecular formula is C10H7NO5. The molecule has 0 spiro atoms. The molecule has 0 aliphatic rings. The first kappa shape index (κ1) is 11.6. The first-order valence-corrected chi connectivity index (χ1v) is 4.19. The SMILES string of the molecule is O=C=NCOC(=O)c1cccc(C(=O)O)c1. The molecule has 1 aromatic carbocycles. The third-order valence-electron chi connectivity index (χ3n) is 1.67. The van der Waals surface area contributed by atoms with Crippen molar-refractivity contribution >= 4 is 18.0 Å². The van der Waals surface area contributed by atoms with Crippen LogP contribution in [0.1, 0.15) is 20.7 Å². The highest BCUT2D eigenvalue weighted by molar-refractivity contribution is 5.94. The lowest BCUT2D eigenvalue weighted by Gasteiger charge is -2.01. The molecule has 0 aliphatic heterocycles. The molecule has 1 N–H and O–H groups in total. The van der Waals surface area contributed by atoms with E-state index in [0.717, 1.165) is 0 Å². The molecule has 1 rings (SSSR count). The molecule has 0 unspecified atom stereocenters. The zero-order chi connectivity index (χ0) is 12.0. The minimum Gasteiger partial charge on any atom is -0.478 e. The van der Waals surface area contributed by atoms with Crippen molar-refractivity contribution in [3.8, 4) is 0 Å². The van der Waals surface area contributed by atoms with Gasteiger partial charge < -0.3 is 9.84 Å². The number of hydrogen-bond donors (Lipinski definition) is 1. The molecule has 0 radical (unpaired) electrons. The van der Waals surface area contributed by atoms with Gasteiger partial charge in [-0.15, -0.1) is 0 Å². The van der Waals surface area contributed by atoms with Crippen molar-refractivity contribution in [1.29, 1.82) is 0 Å². The zero-order valence-electron chi connectivity index (χ0n) is 8.04. The molecule has 0 heterocycles. The molecule has 6 heteroatoms. The van der Waals surface area contributed by atoms with Crippen LogP contribution in [-0.2, 0) is 9.53 Å². The normalized spacial score (nSPS) is 9.00. The minimum atomic E-state index is -1.14. The number of nitrogens with zero attached hydrogens (tertiary/aromatic N) is 1. The summed E-state index contributed by atoms with van der Waals surface area (Å²) in [7, 11) is 0. The highest BCUT2D eigenvalue weighted by atomic mass is 16.5. The molecule has 0 aliphatic carbocycles. The Balaban J connectivity index is 2.79. The van der Waals surface area contributed by atoms with Crippen LogP contribution in [0.4, 0.5) is 0 Å². The molecule has 1 aromatic rings. The van der Waals surface area contributed by atoms with E-state index in [1.165, 1.54) is 30.3 Å². The number of carbonyl (C=O) groups excluding carboxylic acids is 2. The van der Waals surface area contributed by atoms with Crippen LogP contribution in [0.5, 0.6) is 0 Å². The number of aromatic carboxylic acids is 1. The first-order valence-electron chi connectivity index (χ1n) is 4.19. The monoisotopic (exact) mass is 221 g/mol. The summed E-state index contributed by atoms with van der Waals surface area (Å²) in [6.07, 6.45) is 1.21. The van der Waals surface area contributed by atoms with E-state index in [1.807, 2.05) is 0 Å². The van der Waals surface area contributed by atoms with Gasteiger partial charge in [-0.05, 0) is 18.2 Å². The van der Waals surface area contributed by atoms with Crippen LogP contribution in [0, 0.1) is 0 Å².